The van der Waals surface area contributed by atoms with Gasteiger partial charge in [0.1, 0.15) is 24.4 Å². The summed E-state index contributed by atoms with van der Waals surface area (Å²) in [6.45, 7) is 0. The van der Waals surface area contributed by atoms with Crippen LogP contribution in [0.5, 0.6) is 0 Å². The minimum Gasteiger partial charge on any atom is -0.358 e. The summed E-state index contributed by atoms with van der Waals surface area (Å²) in [5.41, 5.74) is 7.20. The molecular formula is C56H42Cl4I2N4O4. The van der Waals surface area contributed by atoms with Crippen molar-refractivity contribution in [2.45, 2.75) is 49.3 Å². The van der Waals surface area contributed by atoms with E-state index in [4.69, 9.17) is 55.9 Å². The zero-order valence-electron chi connectivity index (χ0n) is 37.0. The molecule has 6 aromatic carbocycles. The van der Waals surface area contributed by atoms with E-state index < -0.39 is 36.5 Å². The maximum atomic E-state index is 14.0. The minimum atomic E-state index is -0.667. The molecule has 0 spiro atoms. The molecule has 0 radical (unpaired) electrons. The van der Waals surface area contributed by atoms with Crippen LogP contribution >= 0.6 is 91.6 Å². The third-order valence-electron chi connectivity index (χ3n) is 12.1. The van der Waals surface area contributed by atoms with Gasteiger partial charge in [0, 0.05) is 52.5 Å². The maximum Gasteiger partial charge on any atom is 0.257 e. The molecule has 0 aliphatic carbocycles. The molecule has 0 bridgehead atoms. The second-order valence-electron chi connectivity index (χ2n) is 16.7. The number of pyridine rings is 2. The zero-order chi connectivity index (χ0) is 48.7. The number of ether oxygens (including phenoxy) is 2. The number of rotatable bonds is 10. The van der Waals surface area contributed by atoms with Crippen LogP contribution in [-0.4, -0.2) is 34.0 Å². The van der Waals surface area contributed by atoms with Gasteiger partial charge in [-0.1, -0.05) is 119 Å². The largest absolute Gasteiger partial charge is 0.358 e. The normalized spacial score (nSPS) is 20.1. The molecule has 70 heavy (non-hydrogen) atoms. The van der Waals surface area contributed by atoms with Crippen molar-refractivity contribution in [2.75, 3.05) is 9.80 Å². The predicted octanol–water partition coefficient (Wildman–Crippen LogP) is 14.9. The number of aromatic nitrogens is 2. The molecule has 0 saturated carbocycles. The number of amides is 2. The molecule has 2 aliphatic rings. The smallest absolute Gasteiger partial charge is 0.257 e. The van der Waals surface area contributed by atoms with Crippen LogP contribution in [0.2, 0.25) is 20.1 Å². The Labute approximate surface area is 454 Å². The third kappa shape index (κ3) is 11.9. The zero-order valence-corrected chi connectivity index (χ0v) is 44.4. The summed E-state index contributed by atoms with van der Waals surface area (Å²) < 4.78 is 15.5. The molecule has 2 saturated heterocycles. The van der Waals surface area contributed by atoms with E-state index in [9.17, 15) is 9.59 Å². The Kier molecular flexibility index (Phi) is 16.5. The highest BCUT2D eigenvalue weighted by Gasteiger charge is 2.46. The van der Waals surface area contributed by atoms with E-state index in [1.165, 1.54) is 0 Å². The summed E-state index contributed by atoms with van der Waals surface area (Å²) >= 11 is 29.3. The van der Waals surface area contributed by atoms with Gasteiger partial charge in [-0.05, 0) is 176 Å². The van der Waals surface area contributed by atoms with Crippen LogP contribution in [0, 0.1) is 7.14 Å². The fourth-order valence-corrected chi connectivity index (χ4v) is 10.00. The summed E-state index contributed by atoms with van der Waals surface area (Å²) in [5, 5.41) is 2.54. The minimum absolute atomic E-state index is 0.110. The number of halogens is 6. The molecule has 2 fully saturated rings. The highest BCUT2D eigenvalue weighted by atomic mass is 127. The standard InChI is InChI=1S/2C28H21Cl2IN2O2/c2*29-21-9-5-19(6-10-21)26-27(20-7-11-22(30)12-8-20)35-25(16-18-3-13-23(31)14-4-18)28(34)33(26)24-2-1-15-32-17-24/h2*1-15,17,25-27H,16H2/t2*25-,26+,27-/m10/s1. The molecule has 2 amide bonds. The van der Waals surface area contributed by atoms with Crippen LogP contribution in [-0.2, 0) is 31.9 Å². The Morgan fingerprint density at radius 2 is 0.743 bits per heavy atom. The SMILES string of the molecule is O=C1[C@@H](Cc2ccc(I)cc2)O[C@H](c2ccc(Cl)cc2)[C@H](c2ccc(Cl)cc2)N1c1cccnc1.O=C1[C@H](Cc2ccc(I)cc2)O[C@@H](c2ccc(Cl)cc2)[C@@H](c2ccc(Cl)cc2)N1c1cccnc1. The molecule has 352 valence electrons. The van der Waals surface area contributed by atoms with Gasteiger partial charge in [0.25, 0.3) is 11.8 Å². The number of benzene rings is 6. The molecule has 0 unspecified atom stereocenters. The van der Waals surface area contributed by atoms with Crippen LogP contribution in [0.1, 0.15) is 57.7 Å². The average molecular weight is 1230 g/mol. The molecule has 4 heterocycles. The van der Waals surface area contributed by atoms with Gasteiger partial charge in [-0.2, -0.15) is 0 Å². The summed E-state index contributed by atoms with van der Waals surface area (Å²) in [6.07, 6.45) is 5.56. The van der Waals surface area contributed by atoms with E-state index in [1.54, 1.807) is 24.8 Å². The lowest BCUT2D eigenvalue weighted by atomic mass is 9.90. The van der Waals surface area contributed by atoms with Gasteiger partial charge >= 0.3 is 0 Å². The highest BCUT2D eigenvalue weighted by molar-refractivity contribution is 14.1. The van der Waals surface area contributed by atoms with Gasteiger partial charge in [-0.15, -0.1) is 0 Å². The highest BCUT2D eigenvalue weighted by Crippen LogP contribution is 2.47. The fourth-order valence-electron chi connectivity index (χ4n) is 8.78. The molecule has 2 aliphatic heterocycles. The first-order valence-electron chi connectivity index (χ1n) is 22.3. The Bertz CT molecular complexity index is 2810. The van der Waals surface area contributed by atoms with Crippen molar-refractivity contribution in [3.63, 3.8) is 0 Å². The van der Waals surface area contributed by atoms with E-state index in [2.05, 4.69) is 55.1 Å². The van der Waals surface area contributed by atoms with Crippen molar-refractivity contribution >= 4 is 115 Å². The number of morpholine rings is 2. The molecule has 2 aromatic heterocycles. The lowest BCUT2D eigenvalue weighted by Gasteiger charge is -2.44. The Balaban J connectivity index is 0.000000174. The first kappa shape index (κ1) is 50.1. The molecule has 14 heteroatoms. The number of nitrogens with zero attached hydrogens (tertiary/aromatic N) is 4. The van der Waals surface area contributed by atoms with Crippen molar-refractivity contribution in [1.82, 2.24) is 9.97 Å². The van der Waals surface area contributed by atoms with Gasteiger partial charge in [0.15, 0.2) is 0 Å². The molecule has 8 nitrogen and oxygen atoms in total. The van der Waals surface area contributed by atoms with Gasteiger partial charge in [0.05, 0.1) is 35.9 Å². The number of anilines is 2. The Hall–Kier alpha value is -4.90. The summed E-state index contributed by atoms with van der Waals surface area (Å²) in [6, 6.07) is 53.2. The van der Waals surface area contributed by atoms with Gasteiger partial charge in [-0.25, -0.2) is 0 Å². The van der Waals surface area contributed by atoms with Gasteiger partial charge in [0.2, 0.25) is 0 Å². The van der Waals surface area contributed by atoms with Crippen LogP contribution < -0.4 is 9.80 Å². The molecule has 0 N–H and O–H groups in total. The van der Waals surface area contributed by atoms with Crippen LogP contribution in [0.25, 0.3) is 0 Å². The van der Waals surface area contributed by atoms with E-state index >= 15 is 0 Å². The number of carbonyl (C=O) groups excluding carboxylic acids is 2. The second-order valence-corrected chi connectivity index (χ2v) is 20.9. The van der Waals surface area contributed by atoms with Gasteiger partial charge in [-0.3, -0.25) is 29.4 Å². The van der Waals surface area contributed by atoms with Crippen LogP contribution in [0.15, 0.2) is 195 Å². The Morgan fingerprint density at radius 3 is 1.04 bits per heavy atom. The van der Waals surface area contributed by atoms with E-state index in [0.29, 0.717) is 44.3 Å². The summed E-state index contributed by atoms with van der Waals surface area (Å²) in [5.74, 6) is -0.219. The maximum absolute atomic E-state index is 14.0. The van der Waals surface area contributed by atoms with Crippen LogP contribution in [0.3, 0.4) is 0 Å². The van der Waals surface area contributed by atoms with Gasteiger partial charge < -0.3 is 9.47 Å². The van der Waals surface area contributed by atoms with E-state index in [0.717, 1.165) is 40.5 Å². The molecule has 8 aromatic rings. The molecule has 6 atom stereocenters. The lowest BCUT2D eigenvalue weighted by Crippen LogP contribution is -2.51. The molecular weight excluding hydrogens is 1190 g/mol. The predicted molar refractivity (Wildman–Crippen MR) is 296 cm³/mol. The number of carbonyl (C=O) groups is 2. The summed E-state index contributed by atoms with van der Waals surface area (Å²) in [4.78, 5) is 40.2. The second kappa shape index (κ2) is 23.1. The number of hydrogen-bond acceptors (Lipinski definition) is 6. The first-order chi connectivity index (χ1) is 34.0. The summed E-state index contributed by atoms with van der Waals surface area (Å²) in [7, 11) is 0. The Morgan fingerprint density at radius 1 is 0.429 bits per heavy atom. The third-order valence-corrected chi connectivity index (χ3v) is 14.6. The average Bonchev–Trinajstić information content (AvgIpc) is 3.38. The van der Waals surface area contributed by atoms with Crippen molar-refractivity contribution in [3.8, 4) is 0 Å². The number of hydrogen-bond donors (Lipinski definition) is 0. The first-order valence-corrected chi connectivity index (χ1v) is 25.9. The van der Waals surface area contributed by atoms with Crippen molar-refractivity contribution in [2.24, 2.45) is 0 Å². The molecule has 10 rings (SSSR count). The van der Waals surface area contributed by atoms with E-state index in [-0.39, 0.29) is 11.8 Å². The van der Waals surface area contributed by atoms with Crippen LogP contribution in [0.4, 0.5) is 11.4 Å². The van der Waals surface area contributed by atoms with E-state index in [1.807, 2.05) is 180 Å². The van der Waals surface area contributed by atoms with Crippen molar-refractivity contribution in [3.05, 3.63) is 255 Å². The lowest BCUT2D eigenvalue weighted by molar-refractivity contribution is -0.145. The fraction of sp³-hybridized carbons (Fsp3) is 0.143. The van der Waals surface area contributed by atoms with Crippen molar-refractivity contribution < 1.29 is 19.1 Å². The monoisotopic (exact) mass is 1230 g/mol. The topological polar surface area (TPSA) is 84.9 Å². The van der Waals surface area contributed by atoms with Crippen molar-refractivity contribution in [1.29, 1.82) is 0 Å². The quantitative estimate of drug-likeness (QED) is 0.127.